The number of hydrogen-bond acceptors (Lipinski definition) is 5. The van der Waals surface area contributed by atoms with Crippen molar-refractivity contribution in [3.63, 3.8) is 0 Å². The van der Waals surface area contributed by atoms with Gasteiger partial charge in [0.05, 0.1) is 28.9 Å². The molecule has 0 radical (unpaired) electrons. The summed E-state index contributed by atoms with van der Waals surface area (Å²) in [4.78, 5) is 11.8. The zero-order valence-electron chi connectivity index (χ0n) is 13.8. The van der Waals surface area contributed by atoms with Crippen LogP contribution in [-0.2, 0) is 0 Å². The van der Waals surface area contributed by atoms with Crippen molar-refractivity contribution < 1.29 is 4.74 Å². The fourth-order valence-electron chi connectivity index (χ4n) is 3.42. The van der Waals surface area contributed by atoms with Gasteiger partial charge in [0.15, 0.2) is 10.9 Å². The Morgan fingerprint density at radius 3 is 2.64 bits per heavy atom. The summed E-state index contributed by atoms with van der Waals surface area (Å²) in [6.07, 6.45) is 1.81. The van der Waals surface area contributed by atoms with E-state index in [1.807, 2.05) is 30.3 Å². The monoisotopic (exact) mass is 393 g/mol. The first-order chi connectivity index (χ1) is 12.1. The minimum atomic E-state index is -0.0725. The van der Waals surface area contributed by atoms with E-state index in [4.69, 9.17) is 32.9 Å². The summed E-state index contributed by atoms with van der Waals surface area (Å²) < 4.78 is 5.29. The highest BCUT2D eigenvalue weighted by molar-refractivity contribution is 8.14. The maximum Gasteiger partial charge on any atom is 0.160 e. The predicted molar refractivity (Wildman–Crippen MR) is 104 cm³/mol. The number of thioether (sulfide) groups is 1. The maximum absolute atomic E-state index is 6.39. The van der Waals surface area contributed by atoms with Crippen LogP contribution in [0.1, 0.15) is 30.3 Å². The van der Waals surface area contributed by atoms with Crippen LogP contribution in [0, 0.1) is 0 Å². The molecule has 1 fully saturated rings. The van der Waals surface area contributed by atoms with Crippen molar-refractivity contribution in [1.29, 1.82) is 0 Å². The summed E-state index contributed by atoms with van der Waals surface area (Å²) in [6, 6.07) is 9.75. The Balaban J connectivity index is 1.80. The molecule has 0 unspecified atom stereocenters. The Bertz CT molecular complexity index is 807. The first kappa shape index (κ1) is 17.0. The summed E-state index contributed by atoms with van der Waals surface area (Å²) in [5.41, 5.74) is 1.98. The van der Waals surface area contributed by atoms with E-state index >= 15 is 0 Å². The predicted octanol–water partition coefficient (Wildman–Crippen LogP) is 4.99. The Hall–Kier alpha value is -1.43. The number of nitrogens with zero attached hydrogens (tertiary/aromatic N) is 3. The second kappa shape index (κ2) is 6.71. The number of pyridine rings is 1. The third-order valence-electron chi connectivity index (χ3n) is 4.45. The lowest BCUT2D eigenvalue weighted by Crippen LogP contribution is -2.28. The van der Waals surface area contributed by atoms with Gasteiger partial charge < -0.3 is 9.64 Å². The number of aromatic nitrogens is 1. The average Bonchev–Trinajstić information content (AvgIpc) is 3.11. The molecule has 0 N–H and O–H groups in total. The third-order valence-corrected chi connectivity index (χ3v) is 6.11. The highest BCUT2D eigenvalue weighted by Crippen LogP contribution is 2.49. The molecule has 3 heterocycles. The summed E-state index contributed by atoms with van der Waals surface area (Å²) in [6.45, 7) is 3.16. The van der Waals surface area contributed by atoms with Gasteiger partial charge in [0.25, 0.3) is 0 Å². The molecule has 0 amide bonds. The van der Waals surface area contributed by atoms with Crippen LogP contribution in [0.15, 0.2) is 41.5 Å². The molecule has 1 saturated heterocycles. The van der Waals surface area contributed by atoms with Crippen molar-refractivity contribution in [2.75, 3.05) is 13.7 Å². The van der Waals surface area contributed by atoms with Gasteiger partial charge in [-0.15, -0.1) is 0 Å². The maximum atomic E-state index is 6.39. The molecule has 0 spiro atoms. The van der Waals surface area contributed by atoms with Crippen LogP contribution < -0.4 is 4.74 Å². The Morgan fingerprint density at radius 2 is 2.00 bits per heavy atom. The number of rotatable bonds is 3. The average molecular weight is 394 g/mol. The number of amidine groups is 1. The van der Waals surface area contributed by atoms with Gasteiger partial charge in [-0.3, -0.25) is 9.98 Å². The fraction of sp³-hybridized carbons (Fsp3) is 0.333. The van der Waals surface area contributed by atoms with E-state index in [-0.39, 0.29) is 12.1 Å². The molecule has 0 aliphatic carbocycles. The molecule has 4 nitrogen and oxygen atoms in total. The van der Waals surface area contributed by atoms with E-state index in [1.165, 1.54) is 0 Å². The number of ether oxygens (including phenoxy) is 1. The molecule has 25 heavy (non-hydrogen) atoms. The molecule has 0 saturated carbocycles. The van der Waals surface area contributed by atoms with E-state index in [9.17, 15) is 0 Å². The van der Waals surface area contributed by atoms with Crippen molar-refractivity contribution in [2.45, 2.75) is 24.3 Å². The summed E-state index contributed by atoms with van der Waals surface area (Å²) in [7, 11) is 1.57. The van der Waals surface area contributed by atoms with Crippen LogP contribution in [0.2, 0.25) is 10.0 Å². The zero-order chi connectivity index (χ0) is 17.6. The quantitative estimate of drug-likeness (QED) is 0.736. The number of halogens is 2. The summed E-state index contributed by atoms with van der Waals surface area (Å²) in [5.74, 6) is 0.504. The molecule has 130 valence electrons. The lowest BCUT2D eigenvalue weighted by Gasteiger charge is -2.28. The Morgan fingerprint density at radius 1 is 1.24 bits per heavy atom. The van der Waals surface area contributed by atoms with Gasteiger partial charge in [-0.05, 0) is 29.8 Å². The molecule has 4 rings (SSSR count). The Kier molecular flexibility index (Phi) is 4.56. The number of fused-ring (bicyclic) bond motifs is 1. The van der Waals surface area contributed by atoms with Crippen LogP contribution in [-0.4, -0.2) is 34.0 Å². The number of benzene rings is 1. The molecule has 0 bridgehead atoms. The second-order valence-corrected chi connectivity index (χ2v) is 8.37. The van der Waals surface area contributed by atoms with E-state index < -0.39 is 0 Å². The minimum absolute atomic E-state index is 0.0308. The van der Waals surface area contributed by atoms with Crippen molar-refractivity contribution in [2.24, 2.45) is 4.99 Å². The number of aliphatic imine (C=N–C) groups is 1. The molecule has 3 atom stereocenters. The van der Waals surface area contributed by atoms with Gasteiger partial charge in [0.2, 0.25) is 0 Å². The van der Waals surface area contributed by atoms with Crippen molar-refractivity contribution >= 4 is 40.1 Å². The third kappa shape index (κ3) is 2.98. The fourth-order valence-corrected chi connectivity index (χ4v) is 5.17. The first-order valence-electron chi connectivity index (χ1n) is 8.03. The van der Waals surface area contributed by atoms with Gasteiger partial charge >= 0.3 is 0 Å². The highest BCUT2D eigenvalue weighted by Gasteiger charge is 2.43. The number of methoxy groups -OCH3 is 1. The highest BCUT2D eigenvalue weighted by atomic mass is 35.5. The van der Waals surface area contributed by atoms with Crippen LogP contribution in [0.3, 0.4) is 0 Å². The first-order valence-corrected chi connectivity index (χ1v) is 9.67. The van der Waals surface area contributed by atoms with Gasteiger partial charge in [-0.1, -0.05) is 48.0 Å². The van der Waals surface area contributed by atoms with Crippen LogP contribution >= 0.6 is 35.0 Å². The second-order valence-electron chi connectivity index (χ2n) is 6.15. The van der Waals surface area contributed by atoms with E-state index in [0.29, 0.717) is 21.0 Å². The normalized spacial score (nSPS) is 25.0. The minimum Gasteiger partial charge on any atom is -0.494 e. The van der Waals surface area contributed by atoms with E-state index in [1.54, 1.807) is 25.1 Å². The van der Waals surface area contributed by atoms with Crippen molar-refractivity contribution in [3.8, 4) is 5.75 Å². The van der Waals surface area contributed by atoms with Gasteiger partial charge in [-0.25, -0.2) is 0 Å². The lowest BCUT2D eigenvalue weighted by atomic mass is 9.96. The van der Waals surface area contributed by atoms with E-state index in [0.717, 1.165) is 23.0 Å². The van der Waals surface area contributed by atoms with Gasteiger partial charge in [-0.2, -0.15) is 0 Å². The smallest absolute Gasteiger partial charge is 0.160 e. The SMILES string of the molecule is COc1c(Cl)cc([C@H]2[C@@H](c3ccccn3)N=C3S[C@@H](C)CN32)cc1Cl. The topological polar surface area (TPSA) is 37.7 Å². The largest absolute Gasteiger partial charge is 0.494 e. The Labute approximate surface area is 161 Å². The molecule has 2 aliphatic rings. The van der Waals surface area contributed by atoms with Crippen LogP contribution in [0.4, 0.5) is 0 Å². The summed E-state index contributed by atoms with van der Waals surface area (Å²) in [5, 5.41) is 2.60. The molecular formula is C18H17Cl2N3OS. The molecule has 1 aromatic heterocycles. The van der Waals surface area contributed by atoms with Crippen LogP contribution in [0.25, 0.3) is 0 Å². The van der Waals surface area contributed by atoms with Gasteiger partial charge in [0.1, 0.15) is 6.04 Å². The molecule has 2 aromatic rings. The molecular weight excluding hydrogens is 377 g/mol. The number of hydrogen-bond donors (Lipinski definition) is 0. The summed E-state index contributed by atoms with van der Waals surface area (Å²) >= 11 is 14.6. The van der Waals surface area contributed by atoms with Crippen LogP contribution in [0.5, 0.6) is 5.75 Å². The van der Waals surface area contributed by atoms with Gasteiger partial charge in [0, 0.05) is 18.0 Å². The van der Waals surface area contributed by atoms with Crippen molar-refractivity contribution in [3.05, 3.63) is 57.8 Å². The van der Waals surface area contributed by atoms with Crippen molar-refractivity contribution in [1.82, 2.24) is 9.88 Å². The molecule has 2 aliphatic heterocycles. The molecule has 1 aromatic carbocycles. The lowest BCUT2D eigenvalue weighted by molar-refractivity contribution is 0.321. The zero-order valence-corrected chi connectivity index (χ0v) is 16.1. The molecule has 7 heteroatoms. The van der Waals surface area contributed by atoms with E-state index in [2.05, 4.69) is 16.8 Å². The standard InChI is InChI=1S/C18H17Cl2N3OS/c1-10-9-23-16(11-7-12(19)17(24-2)13(20)8-11)15(22-18(23)25-10)14-5-3-4-6-21-14/h3-8,10,15-16H,9H2,1-2H3/t10-,15+,16-/m0/s1.